The largest absolute Gasteiger partial charge is 0.392 e. The Morgan fingerprint density at radius 1 is 1.42 bits per heavy atom. The van der Waals surface area contributed by atoms with E-state index in [0.717, 1.165) is 25.3 Å². The van der Waals surface area contributed by atoms with E-state index in [0.29, 0.717) is 12.5 Å². The molecule has 1 aliphatic carbocycles. The van der Waals surface area contributed by atoms with Crippen LogP contribution in [-0.4, -0.2) is 20.1 Å². The van der Waals surface area contributed by atoms with Crippen LogP contribution < -0.4 is 4.72 Å². The molecule has 0 amide bonds. The van der Waals surface area contributed by atoms with Crippen LogP contribution in [0.5, 0.6) is 0 Å². The third-order valence-electron chi connectivity index (χ3n) is 3.37. The van der Waals surface area contributed by atoms with Gasteiger partial charge in [-0.15, -0.1) is 0 Å². The first kappa shape index (κ1) is 14.4. The molecule has 1 fully saturated rings. The molecule has 1 saturated carbocycles. The molecular formula is C13H18FNO3S. The first-order chi connectivity index (χ1) is 8.94. The zero-order valence-corrected chi connectivity index (χ0v) is 11.6. The van der Waals surface area contributed by atoms with Gasteiger partial charge in [0.05, 0.1) is 11.5 Å². The number of halogens is 1. The topological polar surface area (TPSA) is 66.4 Å². The van der Waals surface area contributed by atoms with Crippen LogP contribution in [0.25, 0.3) is 0 Å². The second-order valence-corrected chi connectivity index (χ2v) is 6.72. The van der Waals surface area contributed by atoms with Crippen molar-refractivity contribution in [1.82, 2.24) is 4.72 Å². The van der Waals surface area contributed by atoms with E-state index in [1.54, 1.807) is 0 Å². The molecule has 0 heterocycles. The van der Waals surface area contributed by atoms with Crippen molar-refractivity contribution in [3.05, 3.63) is 29.1 Å². The lowest BCUT2D eigenvalue weighted by molar-refractivity contribution is 0.281. The van der Waals surface area contributed by atoms with E-state index in [2.05, 4.69) is 4.72 Å². The normalized spacial score (nSPS) is 15.7. The van der Waals surface area contributed by atoms with E-state index in [4.69, 9.17) is 5.11 Å². The minimum absolute atomic E-state index is 0.0797. The summed E-state index contributed by atoms with van der Waals surface area (Å²) >= 11 is 0. The smallest absolute Gasteiger partial charge is 0.240 e. The molecule has 0 unspecified atom stereocenters. The summed E-state index contributed by atoms with van der Waals surface area (Å²) in [5, 5.41) is 9.02. The SMILES string of the molecule is Cc1c(F)cc(CO)cc1S(=O)(=O)NCCC1CC1. The lowest BCUT2D eigenvalue weighted by Crippen LogP contribution is -2.26. The second-order valence-electron chi connectivity index (χ2n) is 4.99. The molecule has 0 radical (unpaired) electrons. The van der Waals surface area contributed by atoms with Gasteiger partial charge in [-0.1, -0.05) is 12.8 Å². The lowest BCUT2D eigenvalue weighted by Gasteiger charge is -2.11. The van der Waals surface area contributed by atoms with Crippen LogP contribution in [0.4, 0.5) is 4.39 Å². The molecule has 0 aromatic heterocycles. The summed E-state index contributed by atoms with van der Waals surface area (Å²) in [6.45, 7) is 1.41. The standard InChI is InChI=1S/C13H18FNO3S/c1-9-12(14)6-11(8-16)7-13(9)19(17,18)15-5-4-10-2-3-10/h6-7,10,15-16H,2-5,8H2,1H3. The van der Waals surface area contributed by atoms with Gasteiger partial charge < -0.3 is 5.11 Å². The fraction of sp³-hybridized carbons (Fsp3) is 0.538. The predicted octanol–water partition coefficient (Wildman–Crippen LogP) is 1.70. The van der Waals surface area contributed by atoms with Gasteiger partial charge in [0.1, 0.15) is 5.82 Å². The number of sulfonamides is 1. The first-order valence-electron chi connectivity index (χ1n) is 6.33. The molecule has 6 heteroatoms. The van der Waals surface area contributed by atoms with Gasteiger partial charge in [-0.2, -0.15) is 0 Å². The number of rotatable bonds is 6. The van der Waals surface area contributed by atoms with Crippen LogP contribution in [-0.2, 0) is 16.6 Å². The number of benzene rings is 1. The Morgan fingerprint density at radius 3 is 2.68 bits per heavy atom. The van der Waals surface area contributed by atoms with Gasteiger partial charge in [-0.3, -0.25) is 0 Å². The molecule has 0 aliphatic heterocycles. The average molecular weight is 287 g/mol. The summed E-state index contributed by atoms with van der Waals surface area (Å²) in [7, 11) is -3.72. The molecule has 0 saturated heterocycles. The van der Waals surface area contributed by atoms with Crippen LogP contribution in [0.2, 0.25) is 0 Å². The van der Waals surface area contributed by atoms with Gasteiger partial charge >= 0.3 is 0 Å². The Bertz CT molecular complexity index is 567. The van der Waals surface area contributed by atoms with Gasteiger partial charge in [0.15, 0.2) is 0 Å². The van der Waals surface area contributed by atoms with Gasteiger partial charge in [-0.25, -0.2) is 17.5 Å². The van der Waals surface area contributed by atoms with E-state index in [-0.39, 0.29) is 22.6 Å². The molecule has 2 N–H and O–H groups in total. The average Bonchev–Trinajstić information content (AvgIpc) is 3.16. The zero-order valence-electron chi connectivity index (χ0n) is 10.8. The maximum Gasteiger partial charge on any atom is 0.240 e. The molecule has 0 atom stereocenters. The Kier molecular flexibility index (Phi) is 4.23. The van der Waals surface area contributed by atoms with Crippen molar-refractivity contribution in [1.29, 1.82) is 0 Å². The van der Waals surface area contributed by atoms with Crippen LogP contribution >= 0.6 is 0 Å². The van der Waals surface area contributed by atoms with Crippen molar-refractivity contribution in [2.24, 2.45) is 5.92 Å². The van der Waals surface area contributed by atoms with E-state index < -0.39 is 15.8 Å². The fourth-order valence-electron chi connectivity index (χ4n) is 1.96. The highest BCUT2D eigenvalue weighted by atomic mass is 32.2. The van der Waals surface area contributed by atoms with Gasteiger partial charge in [0, 0.05) is 12.1 Å². The molecule has 19 heavy (non-hydrogen) atoms. The summed E-state index contributed by atoms with van der Waals surface area (Å²) in [6, 6.07) is 2.47. The molecule has 0 spiro atoms. The molecule has 2 rings (SSSR count). The summed E-state index contributed by atoms with van der Waals surface area (Å²) in [6.07, 6.45) is 3.14. The van der Waals surface area contributed by atoms with Crippen molar-refractivity contribution in [2.45, 2.75) is 37.7 Å². The van der Waals surface area contributed by atoms with E-state index in [1.165, 1.54) is 13.0 Å². The highest BCUT2D eigenvalue weighted by molar-refractivity contribution is 7.89. The molecule has 0 bridgehead atoms. The summed E-state index contributed by atoms with van der Waals surface area (Å²) in [4.78, 5) is -0.0904. The summed E-state index contributed by atoms with van der Waals surface area (Å²) in [5.41, 5.74) is 0.335. The fourth-order valence-corrected chi connectivity index (χ4v) is 3.31. The van der Waals surface area contributed by atoms with Crippen LogP contribution in [0, 0.1) is 18.7 Å². The third-order valence-corrected chi connectivity index (χ3v) is 4.96. The first-order valence-corrected chi connectivity index (χ1v) is 7.82. The van der Waals surface area contributed by atoms with Gasteiger partial charge in [-0.05, 0) is 37.0 Å². The van der Waals surface area contributed by atoms with Gasteiger partial charge in [0.2, 0.25) is 10.0 Å². The molecule has 4 nitrogen and oxygen atoms in total. The predicted molar refractivity (Wildman–Crippen MR) is 69.6 cm³/mol. The number of hydrogen-bond donors (Lipinski definition) is 2. The Hall–Kier alpha value is -0.980. The third kappa shape index (κ3) is 3.52. The Balaban J connectivity index is 2.19. The monoisotopic (exact) mass is 287 g/mol. The Labute approximate surface area is 112 Å². The molecule has 106 valence electrons. The van der Waals surface area contributed by atoms with Crippen molar-refractivity contribution >= 4 is 10.0 Å². The lowest BCUT2D eigenvalue weighted by atomic mass is 10.1. The molecule has 1 aromatic rings. The van der Waals surface area contributed by atoms with E-state index in [1.807, 2.05) is 0 Å². The number of aliphatic hydroxyl groups excluding tert-OH is 1. The number of nitrogens with one attached hydrogen (secondary N) is 1. The second kappa shape index (κ2) is 5.56. The Morgan fingerprint density at radius 2 is 2.11 bits per heavy atom. The summed E-state index contributed by atoms with van der Waals surface area (Å²) in [5.74, 6) is 0.0124. The minimum atomic E-state index is -3.72. The zero-order chi connectivity index (χ0) is 14.0. The maximum atomic E-state index is 13.6. The minimum Gasteiger partial charge on any atom is -0.392 e. The highest BCUT2D eigenvalue weighted by Gasteiger charge is 2.23. The summed E-state index contributed by atoms with van der Waals surface area (Å²) < 4.78 is 40.3. The van der Waals surface area contributed by atoms with Crippen LogP contribution in [0.1, 0.15) is 30.4 Å². The van der Waals surface area contributed by atoms with Gasteiger partial charge in [0.25, 0.3) is 0 Å². The maximum absolute atomic E-state index is 13.6. The van der Waals surface area contributed by atoms with E-state index in [9.17, 15) is 12.8 Å². The van der Waals surface area contributed by atoms with Crippen molar-refractivity contribution in [3.8, 4) is 0 Å². The van der Waals surface area contributed by atoms with E-state index >= 15 is 0 Å². The number of hydrogen-bond acceptors (Lipinski definition) is 3. The van der Waals surface area contributed by atoms with Crippen molar-refractivity contribution < 1.29 is 17.9 Å². The molecule has 1 aromatic carbocycles. The quantitative estimate of drug-likeness (QED) is 0.837. The highest BCUT2D eigenvalue weighted by Crippen LogP contribution is 2.32. The van der Waals surface area contributed by atoms with Crippen molar-refractivity contribution in [3.63, 3.8) is 0 Å². The molecule has 1 aliphatic rings. The van der Waals surface area contributed by atoms with Crippen molar-refractivity contribution in [2.75, 3.05) is 6.54 Å². The molecular weight excluding hydrogens is 269 g/mol. The van der Waals surface area contributed by atoms with Crippen LogP contribution in [0.3, 0.4) is 0 Å². The number of aliphatic hydroxyl groups is 1. The van der Waals surface area contributed by atoms with Crippen LogP contribution in [0.15, 0.2) is 17.0 Å².